The summed E-state index contributed by atoms with van der Waals surface area (Å²) in [4.78, 5) is 37.8. The van der Waals surface area contributed by atoms with E-state index in [0.717, 1.165) is 6.07 Å². The van der Waals surface area contributed by atoms with Gasteiger partial charge in [-0.05, 0) is 18.2 Å². The van der Waals surface area contributed by atoms with Crippen LogP contribution in [0, 0.1) is 5.82 Å². The van der Waals surface area contributed by atoms with Crippen LogP contribution in [0.1, 0.15) is 10.4 Å². The Labute approximate surface area is 137 Å². The third-order valence-corrected chi connectivity index (χ3v) is 3.76. The number of halogens is 2. The first-order chi connectivity index (χ1) is 10.9. The lowest BCUT2D eigenvalue weighted by atomic mass is 10.1. The molecule has 1 aliphatic heterocycles. The first-order valence-corrected chi connectivity index (χ1v) is 7.30. The number of benzene rings is 1. The van der Waals surface area contributed by atoms with Crippen LogP contribution in [0.3, 0.4) is 0 Å². The maximum atomic E-state index is 13.0. The van der Waals surface area contributed by atoms with Gasteiger partial charge in [-0.15, -0.1) is 0 Å². The monoisotopic (exact) mass is 342 g/mol. The van der Waals surface area contributed by atoms with Gasteiger partial charge in [-0.1, -0.05) is 11.6 Å². The molecule has 3 N–H and O–H groups in total. The molecule has 23 heavy (non-hydrogen) atoms. The van der Waals surface area contributed by atoms with Crippen LogP contribution in [0.25, 0.3) is 0 Å². The molecule has 1 aromatic carbocycles. The summed E-state index contributed by atoms with van der Waals surface area (Å²) in [5.74, 6) is -1.27. The zero-order chi connectivity index (χ0) is 17.0. The Morgan fingerprint density at radius 3 is 2.43 bits per heavy atom. The number of imide groups is 1. The van der Waals surface area contributed by atoms with Crippen molar-refractivity contribution in [2.45, 2.75) is 0 Å². The van der Waals surface area contributed by atoms with Gasteiger partial charge in [-0.2, -0.15) is 0 Å². The summed E-state index contributed by atoms with van der Waals surface area (Å²) >= 11 is 5.89. The number of hydrogen-bond acceptors (Lipinski definition) is 4. The SMILES string of the molecule is NC(=O)NC(=O)CN1CCN(C(=O)c2ccc(F)cc2Cl)CC1. The Morgan fingerprint density at radius 2 is 1.87 bits per heavy atom. The fraction of sp³-hybridized carbons (Fsp3) is 0.357. The lowest BCUT2D eigenvalue weighted by Crippen LogP contribution is -2.52. The van der Waals surface area contributed by atoms with Crippen molar-refractivity contribution in [3.8, 4) is 0 Å². The molecule has 0 aromatic heterocycles. The van der Waals surface area contributed by atoms with Crippen LogP contribution in [0.15, 0.2) is 18.2 Å². The van der Waals surface area contributed by atoms with Gasteiger partial charge in [0.25, 0.3) is 5.91 Å². The van der Waals surface area contributed by atoms with Crippen molar-refractivity contribution in [3.63, 3.8) is 0 Å². The first kappa shape index (κ1) is 17.2. The molecule has 0 unspecified atom stereocenters. The second-order valence-electron chi connectivity index (χ2n) is 5.10. The molecule has 1 heterocycles. The van der Waals surface area contributed by atoms with Crippen molar-refractivity contribution in [1.29, 1.82) is 0 Å². The van der Waals surface area contributed by atoms with Gasteiger partial charge in [-0.3, -0.25) is 19.8 Å². The quantitative estimate of drug-likeness (QED) is 0.832. The van der Waals surface area contributed by atoms with Gasteiger partial charge in [0.1, 0.15) is 5.82 Å². The fourth-order valence-electron chi connectivity index (χ4n) is 2.32. The minimum absolute atomic E-state index is 0.0300. The Morgan fingerprint density at radius 1 is 1.22 bits per heavy atom. The van der Waals surface area contributed by atoms with Crippen molar-refractivity contribution >= 4 is 29.4 Å². The average molecular weight is 343 g/mol. The second kappa shape index (κ2) is 7.38. The molecule has 0 radical (unpaired) electrons. The van der Waals surface area contributed by atoms with Crippen LogP contribution < -0.4 is 11.1 Å². The highest BCUT2D eigenvalue weighted by atomic mass is 35.5. The topological polar surface area (TPSA) is 95.7 Å². The minimum atomic E-state index is -0.894. The first-order valence-electron chi connectivity index (χ1n) is 6.93. The van der Waals surface area contributed by atoms with Gasteiger partial charge < -0.3 is 10.6 Å². The molecule has 4 amide bonds. The molecule has 2 rings (SSSR count). The largest absolute Gasteiger partial charge is 0.351 e. The van der Waals surface area contributed by atoms with Crippen molar-refractivity contribution in [2.24, 2.45) is 5.73 Å². The molecule has 0 spiro atoms. The van der Waals surface area contributed by atoms with Crippen LogP contribution in [0.5, 0.6) is 0 Å². The Kier molecular flexibility index (Phi) is 5.51. The number of carbonyl (C=O) groups excluding carboxylic acids is 3. The van der Waals surface area contributed by atoms with Crippen LogP contribution in [-0.4, -0.2) is 60.4 Å². The number of urea groups is 1. The molecular formula is C14H16ClFN4O3. The molecule has 7 nitrogen and oxygen atoms in total. The number of carbonyl (C=O) groups is 3. The van der Waals surface area contributed by atoms with Gasteiger partial charge in [0.2, 0.25) is 5.91 Å². The average Bonchev–Trinajstić information content (AvgIpc) is 2.46. The lowest BCUT2D eigenvalue weighted by molar-refractivity contribution is -0.121. The number of nitrogens with one attached hydrogen (secondary N) is 1. The normalized spacial score (nSPS) is 15.3. The van der Waals surface area contributed by atoms with Crippen LogP contribution >= 0.6 is 11.6 Å². The Bertz CT molecular complexity index is 632. The highest BCUT2D eigenvalue weighted by Gasteiger charge is 2.24. The highest BCUT2D eigenvalue weighted by molar-refractivity contribution is 6.33. The van der Waals surface area contributed by atoms with Crippen LogP contribution in [-0.2, 0) is 4.79 Å². The van der Waals surface area contributed by atoms with Gasteiger partial charge in [-0.25, -0.2) is 9.18 Å². The molecule has 1 saturated heterocycles. The summed E-state index contributed by atoms with van der Waals surface area (Å²) in [6.45, 7) is 1.77. The molecule has 0 atom stereocenters. The smallest absolute Gasteiger partial charge is 0.318 e. The van der Waals surface area contributed by atoms with Crippen LogP contribution in [0.4, 0.5) is 9.18 Å². The summed E-state index contributed by atoms with van der Waals surface area (Å²) in [5.41, 5.74) is 5.11. The third-order valence-electron chi connectivity index (χ3n) is 3.45. The zero-order valence-corrected chi connectivity index (χ0v) is 13.0. The fourth-order valence-corrected chi connectivity index (χ4v) is 2.57. The molecule has 0 saturated carbocycles. The highest BCUT2D eigenvalue weighted by Crippen LogP contribution is 2.19. The molecule has 1 aromatic rings. The van der Waals surface area contributed by atoms with E-state index in [-0.39, 0.29) is 23.0 Å². The van der Waals surface area contributed by atoms with Crippen molar-refractivity contribution in [3.05, 3.63) is 34.6 Å². The number of nitrogens with two attached hydrogens (primary N) is 1. The Balaban J connectivity index is 1.90. The van der Waals surface area contributed by atoms with E-state index in [1.165, 1.54) is 12.1 Å². The molecule has 9 heteroatoms. The van der Waals surface area contributed by atoms with Crippen molar-refractivity contribution in [2.75, 3.05) is 32.7 Å². The van der Waals surface area contributed by atoms with Gasteiger partial charge in [0.05, 0.1) is 17.1 Å². The molecule has 124 valence electrons. The number of primary amides is 1. The zero-order valence-electron chi connectivity index (χ0n) is 12.2. The summed E-state index contributed by atoms with van der Waals surface area (Å²) in [7, 11) is 0. The standard InChI is InChI=1S/C14H16ClFN4O3/c15-11-7-9(16)1-2-10(11)13(22)20-5-3-19(4-6-20)8-12(21)18-14(17)23/h1-2,7H,3-6,8H2,(H3,17,18,21,23). The number of amides is 4. The van der Waals surface area contributed by atoms with E-state index in [1.807, 2.05) is 5.32 Å². The number of piperazine rings is 1. The Hall–Kier alpha value is -2.19. The molecule has 0 bridgehead atoms. The van der Waals surface area contributed by atoms with E-state index < -0.39 is 17.8 Å². The van der Waals surface area contributed by atoms with Gasteiger partial charge >= 0.3 is 6.03 Å². The minimum Gasteiger partial charge on any atom is -0.351 e. The predicted molar refractivity (Wildman–Crippen MR) is 81.5 cm³/mol. The molecular weight excluding hydrogens is 327 g/mol. The maximum Gasteiger partial charge on any atom is 0.318 e. The van der Waals surface area contributed by atoms with E-state index in [0.29, 0.717) is 26.2 Å². The van der Waals surface area contributed by atoms with Crippen molar-refractivity contribution < 1.29 is 18.8 Å². The molecule has 0 aliphatic carbocycles. The molecule has 1 aliphatic rings. The number of nitrogens with zero attached hydrogens (tertiary/aromatic N) is 2. The summed E-state index contributed by atoms with van der Waals surface area (Å²) in [5, 5.41) is 2.06. The summed E-state index contributed by atoms with van der Waals surface area (Å²) in [6, 6.07) is 2.74. The third kappa shape index (κ3) is 4.64. The second-order valence-corrected chi connectivity index (χ2v) is 5.51. The van der Waals surface area contributed by atoms with Crippen molar-refractivity contribution in [1.82, 2.24) is 15.1 Å². The predicted octanol–water partition coefficient (Wildman–Crippen LogP) is 0.432. The van der Waals surface area contributed by atoms with Gasteiger partial charge in [0.15, 0.2) is 0 Å². The van der Waals surface area contributed by atoms with Crippen LogP contribution in [0.2, 0.25) is 5.02 Å². The maximum absolute atomic E-state index is 13.0. The van der Waals surface area contributed by atoms with Gasteiger partial charge in [0, 0.05) is 26.2 Å². The number of rotatable bonds is 3. The molecule has 1 fully saturated rings. The number of hydrogen-bond donors (Lipinski definition) is 2. The van der Waals surface area contributed by atoms with E-state index >= 15 is 0 Å². The van der Waals surface area contributed by atoms with E-state index in [9.17, 15) is 18.8 Å². The van der Waals surface area contributed by atoms with E-state index in [4.69, 9.17) is 17.3 Å². The van der Waals surface area contributed by atoms with E-state index in [2.05, 4.69) is 0 Å². The summed E-state index contributed by atoms with van der Waals surface area (Å²) in [6.07, 6.45) is 0. The summed E-state index contributed by atoms with van der Waals surface area (Å²) < 4.78 is 13.0. The lowest BCUT2D eigenvalue weighted by Gasteiger charge is -2.34. The van der Waals surface area contributed by atoms with E-state index in [1.54, 1.807) is 9.80 Å².